The molecular formula is C19H24N2O5S. The van der Waals surface area contributed by atoms with E-state index in [0.717, 1.165) is 28.5 Å². The Morgan fingerprint density at radius 3 is 2.67 bits per heavy atom. The molecule has 1 N–H and O–H groups in total. The Kier molecular flexibility index (Phi) is 4.14. The van der Waals surface area contributed by atoms with Crippen LogP contribution in [0.5, 0.6) is 0 Å². The second kappa shape index (κ2) is 6.05. The van der Waals surface area contributed by atoms with Crippen LogP contribution in [0.1, 0.15) is 16.9 Å². The molecule has 146 valence electrons. The van der Waals surface area contributed by atoms with E-state index in [2.05, 4.69) is 11.0 Å². The lowest BCUT2D eigenvalue weighted by Crippen LogP contribution is -2.41. The molecule has 0 spiro atoms. The molecule has 2 aliphatic rings. The average molecular weight is 392 g/mol. The zero-order valence-corrected chi connectivity index (χ0v) is 16.5. The highest BCUT2D eigenvalue weighted by Crippen LogP contribution is 2.44. The van der Waals surface area contributed by atoms with Gasteiger partial charge >= 0.3 is 5.97 Å². The van der Waals surface area contributed by atoms with Gasteiger partial charge in [-0.05, 0) is 31.5 Å². The average Bonchev–Trinajstić information content (AvgIpc) is 3.18. The maximum absolute atomic E-state index is 12.0. The van der Waals surface area contributed by atoms with Crippen molar-refractivity contribution in [3.8, 4) is 0 Å². The molecule has 8 heteroatoms. The van der Waals surface area contributed by atoms with Crippen LogP contribution in [0.25, 0.3) is 11.0 Å². The Morgan fingerprint density at radius 2 is 2.04 bits per heavy atom. The summed E-state index contributed by atoms with van der Waals surface area (Å²) < 4.78 is 31.1. The summed E-state index contributed by atoms with van der Waals surface area (Å²) in [6, 6.07) is 6.07. The lowest BCUT2D eigenvalue weighted by molar-refractivity contribution is -0.148. The Balaban J connectivity index is 1.58. The zero-order valence-electron chi connectivity index (χ0n) is 15.7. The number of rotatable bonds is 4. The maximum Gasteiger partial charge on any atom is 0.312 e. The Bertz CT molecular complexity index is 1030. The van der Waals surface area contributed by atoms with Gasteiger partial charge in [0.25, 0.3) is 0 Å². The number of carboxylic acid groups (broad SMARTS) is 1. The van der Waals surface area contributed by atoms with Crippen molar-refractivity contribution >= 4 is 27.0 Å². The summed E-state index contributed by atoms with van der Waals surface area (Å²) >= 11 is 0. The van der Waals surface area contributed by atoms with Gasteiger partial charge in [0.15, 0.2) is 0 Å². The lowest BCUT2D eigenvalue weighted by Gasteiger charge is -2.24. The topological polar surface area (TPSA) is 91.1 Å². The van der Waals surface area contributed by atoms with Gasteiger partial charge in [0.1, 0.15) is 11.3 Å². The van der Waals surface area contributed by atoms with E-state index in [1.54, 1.807) is 0 Å². The number of furan rings is 1. The molecular weight excluding hydrogens is 368 g/mol. The van der Waals surface area contributed by atoms with Crippen molar-refractivity contribution in [3.63, 3.8) is 0 Å². The minimum atomic E-state index is -3.39. The molecule has 27 heavy (non-hydrogen) atoms. The molecule has 0 unspecified atom stereocenters. The van der Waals surface area contributed by atoms with Gasteiger partial charge in [-0.2, -0.15) is 0 Å². The zero-order chi connectivity index (χ0) is 19.6. The number of nitrogens with zero attached hydrogens (tertiary/aromatic N) is 2. The first-order valence-corrected chi connectivity index (χ1v) is 10.8. The molecule has 4 rings (SSSR count). The second-order valence-corrected chi connectivity index (χ2v) is 10.0. The van der Waals surface area contributed by atoms with E-state index in [4.69, 9.17) is 4.42 Å². The van der Waals surface area contributed by atoms with Gasteiger partial charge in [0, 0.05) is 37.5 Å². The molecule has 0 saturated carbocycles. The SMILES string of the molecule is Cc1ccc2oc(CN3C[C@@H]4CN(S(C)(=O)=O)C[C@]4(C(=O)O)C3)c(C)c2c1. The van der Waals surface area contributed by atoms with Crippen molar-refractivity contribution < 1.29 is 22.7 Å². The third-order valence-electron chi connectivity index (χ3n) is 6.10. The summed E-state index contributed by atoms with van der Waals surface area (Å²) in [5.41, 5.74) is 2.04. The van der Waals surface area contributed by atoms with Crippen LogP contribution in [0.15, 0.2) is 22.6 Å². The molecule has 0 radical (unpaired) electrons. The van der Waals surface area contributed by atoms with E-state index >= 15 is 0 Å². The Morgan fingerprint density at radius 1 is 1.30 bits per heavy atom. The molecule has 2 aliphatic heterocycles. The highest BCUT2D eigenvalue weighted by molar-refractivity contribution is 7.88. The minimum Gasteiger partial charge on any atom is -0.481 e. The standard InChI is InChI=1S/C19H24N2O5S/c1-12-4-5-16-15(6-12)13(2)17(26-16)9-20-7-14-8-21(27(3,24)25)11-19(14,10-20)18(22)23/h4-6,14H,7-11H2,1-3H3,(H,22,23)/t14-,19-/m1/s1. The van der Waals surface area contributed by atoms with Crippen LogP contribution in [0, 0.1) is 25.2 Å². The molecule has 0 bridgehead atoms. The van der Waals surface area contributed by atoms with Crippen LogP contribution in [-0.4, -0.2) is 61.1 Å². The molecule has 2 saturated heterocycles. The molecule has 7 nitrogen and oxygen atoms in total. The van der Waals surface area contributed by atoms with Crippen LogP contribution < -0.4 is 0 Å². The van der Waals surface area contributed by atoms with Crippen molar-refractivity contribution in [2.45, 2.75) is 20.4 Å². The van der Waals surface area contributed by atoms with Gasteiger partial charge < -0.3 is 9.52 Å². The summed E-state index contributed by atoms with van der Waals surface area (Å²) in [5.74, 6) is -0.286. The maximum atomic E-state index is 12.0. The van der Waals surface area contributed by atoms with E-state index in [0.29, 0.717) is 19.6 Å². The summed E-state index contributed by atoms with van der Waals surface area (Å²) in [6.07, 6.45) is 1.14. The first-order valence-electron chi connectivity index (χ1n) is 9.00. The second-order valence-electron chi connectivity index (χ2n) is 8.03. The minimum absolute atomic E-state index is 0.0423. The molecule has 0 aliphatic carbocycles. The van der Waals surface area contributed by atoms with Gasteiger partial charge in [-0.15, -0.1) is 0 Å². The van der Waals surface area contributed by atoms with Gasteiger partial charge in [-0.3, -0.25) is 9.69 Å². The van der Waals surface area contributed by atoms with Crippen LogP contribution in [0.2, 0.25) is 0 Å². The molecule has 1 aromatic carbocycles. The Hall–Kier alpha value is -1.90. The lowest BCUT2D eigenvalue weighted by atomic mass is 9.81. The number of hydrogen-bond donors (Lipinski definition) is 1. The van der Waals surface area contributed by atoms with E-state index in [1.807, 2.05) is 26.0 Å². The summed E-state index contributed by atoms with van der Waals surface area (Å²) in [5, 5.41) is 11.0. The number of carbonyl (C=O) groups is 1. The molecule has 2 aromatic rings. The predicted molar refractivity (Wildman–Crippen MR) is 101 cm³/mol. The van der Waals surface area contributed by atoms with E-state index in [9.17, 15) is 18.3 Å². The largest absolute Gasteiger partial charge is 0.481 e. The van der Waals surface area contributed by atoms with E-state index in [-0.39, 0.29) is 19.0 Å². The quantitative estimate of drug-likeness (QED) is 0.854. The number of aliphatic carboxylic acids is 1. The van der Waals surface area contributed by atoms with Gasteiger partial charge in [0.2, 0.25) is 10.0 Å². The summed E-state index contributed by atoms with van der Waals surface area (Å²) in [6.45, 7) is 5.78. The molecule has 1 aromatic heterocycles. The van der Waals surface area contributed by atoms with Crippen LogP contribution in [0.4, 0.5) is 0 Å². The van der Waals surface area contributed by atoms with E-state index < -0.39 is 21.4 Å². The monoisotopic (exact) mass is 392 g/mol. The van der Waals surface area contributed by atoms with Crippen LogP contribution >= 0.6 is 0 Å². The molecule has 2 atom stereocenters. The first kappa shape index (κ1) is 18.5. The van der Waals surface area contributed by atoms with Crippen molar-refractivity contribution in [1.29, 1.82) is 0 Å². The number of likely N-dealkylation sites (tertiary alicyclic amines) is 1. The number of fused-ring (bicyclic) bond motifs is 2. The summed E-state index contributed by atoms with van der Waals surface area (Å²) in [7, 11) is -3.39. The van der Waals surface area contributed by atoms with Gasteiger partial charge in [0.05, 0.1) is 18.2 Å². The number of hydrogen-bond acceptors (Lipinski definition) is 5. The fraction of sp³-hybridized carbons (Fsp3) is 0.526. The highest BCUT2D eigenvalue weighted by atomic mass is 32.2. The molecule has 2 fully saturated rings. The number of aryl methyl sites for hydroxylation is 2. The third kappa shape index (κ3) is 2.96. The predicted octanol–water partition coefficient (Wildman–Crippen LogP) is 1.83. The molecule has 3 heterocycles. The molecule has 0 amide bonds. The van der Waals surface area contributed by atoms with Crippen LogP contribution in [0.3, 0.4) is 0 Å². The number of sulfonamides is 1. The number of benzene rings is 1. The normalized spacial score (nSPS) is 26.7. The Labute approximate surface area is 158 Å². The fourth-order valence-corrected chi connectivity index (χ4v) is 5.45. The van der Waals surface area contributed by atoms with Crippen molar-refractivity contribution in [1.82, 2.24) is 9.21 Å². The van der Waals surface area contributed by atoms with E-state index in [1.165, 1.54) is 9.87 Å². The fourth-order valence-electron chi connectivity index (χ4n) is 4.54. The van der Waals surface area contributed by atoms with Crippen molar-refractivity contribution in [2.24, 2.45) is 11.3 Å². The van der Waals surface area contributed by atoms with Crippen LogP contribution in [-0.2, 0) is 21.4 Å². The summed E-state index contributed by atoms with van der Waals surface area (Å²) in [4.78, 5) is 14.1. The smallest absolute Gasteiger partial charge is 0.312 e. The third-order valence-corrected chi connectivity index (χ3v) is 7.32. The van der Waals surface area contributed by atoms with Crippen molar-refractivity contribution in [2.75, 3.05) is 32.4 Å². The number of carboxylic acids is 1. The van der Waals surface area contributed by atoms with Gasteiger partial charge in [-0.1, -0.05) is 11.6 Å². The van der Waals surface area contributed by atoms with Crippen molar-refractivity contribution in [3.05, 3.63) is 35.1 Å². The highest BCUT2D eigenvalue weighted by Gasteiger charge is 2.59. The first-order chi connectivity index (χ1) is 12.6. The van der Waals surface area contributed by atoms with Gasteiger partial charge in [-0.25, -0.2) is 12.7 Å².